The van der Waals surface area contributed by atoms with Crippen LogP contribution in [-0.4, -0.2) is 30.3 Å². The maximum Gasteiger partial charge on any atom is 0.153 e. The lowest BCUT2D eigenvalue weighted by Gasteiger charge is -2.17. The third kappa shape index (κ3) is 2.53. The van der Waals surface area contributed by atoms with Crippen molar-refractivity contribution in [2.45, 2.75) is 18.6 Å². The van der Waals surface area contributed by atoms with Gasteiger partial charge in [-0.1, -0.05) is 30.3 Å². The van der Waals surface area contributed by atoms with Crippen LogP contribution in [0.4, 0.5) is 8.78 Å². The number of likely N-dealkylation sites (tertiary alicyclic amines) is 1. The van der Waals surface area contributed by atoms with Gasteiger partial charge in [0.05, 0.1) is 0 Å². The Morgan fingerprint density at radius 1 is 1.27 bits per heavy atom. The van der Waals surface area contributed by atoms with Crippen LogP contribution < -0.4 is 0 Å². The van der Waals surface area contributed by atoms with Crippen LogP contribution in [0.3, 0.4) is 0 Å². The summed E-state index contributed by atoms with van der Waals surface area (Å²) in [6.45, 7) is 0.721. The van der Waals surface area contributed by atoms with Crippen LogP contribution in [0, 0.1) is 0 Å². The minimum absolute atomic E-state index is 0.221. The van der Waals surface area contributed by atoms with Gasteiger partial charge in [0.25, 0.3) is 0 Å². The van der Waals surface area contributed by atoms with Gasteiger partial charge in [-0.05, 0) is 12.0 Å². The maximum absolute atomic E-state index is 13.6. The molecular weight excluding hydrogens is 196 g/mol. The molecule has 0 bridgehead atoms. The largest absolute Gasteiger partial charge is 0.296 e. The first kappa shape index (κ1) is 10.6. The zero-order valence-electron chi connectivity index (χ0n) is 8.63. The molecule has 0 spiro atoms. The molecule has 1 saturated heterocycles. The molecule has 15 heavy (non-hydrogen) atoms. The average Bonchev–Trinajstić information content (AvgIpc) is 2.63. The van der Waals surface area contributed by atoms with E-state index < -0.39 is 12.3 Å². The molecule has 0 saturated carbocycles. The fraction of sp³-hybridized carbons (Fsp3) is 0.500. The highest BCUT2D eigenvalue weighted by molar-refractivity contribution is 5.14. The van der Waals surface area contributed by atoms with E-state index in [1.165, 1.54) is 0 Å². The van der Waals surface area contributed by atoms with Gasteiger partial charge in [0, 0.05) is 19.6 Å². The lowest BCUT2D eigenvalue weighted by molar-refractivity contribution is 0.124. The van der Waals surface area contributed by atoms with Crippen LogP contribution in [0.2, 0.25) is 0 Å². The van der Waals surface area contributed by atoms with Crippen molar-refractivity contribution < 1.29 is 8.78 Å². The molecule has 1 aliphatic heterocycles. The highest BCUT2D eigenvalue weighted by atomic mass is 19.2. The van der Waals surface area contributed by atoms with E-state index in [1.807, 2.05) is 35.2 Å². The Balaban J connectivity index is 1.93. The second kappa shape index (κ2) is 4.27. The molecule has 1 aliphatic rings. The number of alkyl halides is 2. The van der Waals surface area contributed by atoms with E-state index in [0.29, 0.717) is 19.5 Å². The van der Waals surface area contributed by atoms with Gasteiger partial charge in [0.15, 0.2) is 5.67 Å². The molecule has 1 aromatic carbocycles. The molecule has 82 valence electrons. The third-order valence-electron chi connectivity index (χ3n) is 2.87. The van der Waals surface area contributed by atoms with Crippen molar-refractivity contribution in [3.8, 4) is 0 Å². The van der Waals surface area contributed by atoms with Gasteiger partial charge >= 0.3 is 0 Å². The summed E-state index contributed by atoms with van der Waals surface area (Å²) < 4.78 is 26.0. The average molecular weight is 211 g/mol. The summed E-state index contributed by atoms with van der Waals surface area (Å²) in [5.74, 6) is 0. The van der Waals surface area contributed by atoms with E-state index >= 15 is 0 Å². The van der Waals surface area contributed by atoms with Crippen LogP contribution in [0.15, 0.2) is 30.3 Å². The number of rotatable bonds is 3. The van der Waals surface area contributed by atoms with Crippen molar-refractivity contribution >= 4 is 0 Å². The summed E-state index contributed by atoms with van der Waals surface area (Å²) in [6.07, 6.45) is 0.316. The van der Waals surface area contributed by atoms with Gasteiger partial charge in [-0.3, -0.25) is 4.90 Å². The summed E-state index contributed by atoms with van der Waals surface area (Å²) in [5, 5.41) is 0. The first-order chi connectivity index (χ1) is 7.22. The molecule has 1 nitrogen and oxygen atoms in total. The minimum atomic E-state index is -1.60. The summed E-state index contributed by atoms with van der Waals surface area (Å²) >= 11 is 0. The molecule has 0 N–H and O–H groups in total. The Hall–Kier alpha value is -0.960. The molecule has 0 radical (unpaired) electrons. The predicted octanol–water partition coefficient (Wildman–Crippen LogP) is 2.57. The molecule has 1 atom stereocenters. The lowest BCUT2D eigenvalue weighted by Crippen LogP contribution is -2.30. The Labute approximate surface area is 88.7 Å². The van der Waals surface area contributed by atoms with Crippen molar-refractivity contribution in [1.82, 2.24) is 4.90 Å². The number of hydrogen-bond donors (Lipinski definition) is 0. The lowest BCUT2D eigenvalue weighted by atomic mass is 10.1. The zero-order chi connectivity index (χ0) is 10.7. The van der Waals surface area contributed by atoms with E-state index in [1.54, 1.807) is 0 Å². The first-order valence-corrected chi connectivity index (χ1v) is 5.23. The van der Waals surface area contributed by atoms with Gasteiger partial charge in [-0.25, -0.2) is 8.78 Å². The van der Waals surface area contributed by atoms with Gasteiger partial charge in [0.2, 0.25) is 0 Å². The summed E-state index contributed by atoms with van der Waals surface area (Å²) in [6, 6.07) is 9.89. The number of hydrogen-bond acceptors (Lipinski definition) is 1. The van der Waals surface area contributed by atoms with E-state index in [9.17, 15) is 8.78 Å². The number of benzene rings is 1. The van der Waals surface area contributed by atoms with Crippen molar-refractivity contribution in [3.63, 3.8) is 0 Å². The van der Waals surface area contributed by atoms with Crippen LogP contribution >= 0.6 is 0 Å². The van der Waals surface area contributed by atoms with Gasteiger partial charge in [-0.15, -0.1) is 0 Å². The fourth-order valence-corrected chi connectivity index (χ4v) is 2.00. The monoisotopic (exact) mass is 211 g/mol. The Kier molecular flexibility index (Phi) is 3.00. The fourth-order valence-electron chi connectivity index (χ4n) is 2.00. The SMILES string of the molecule is FC[C@]1(F)CCN(Cc2ccccc2)C1. The maximum atomic E-state index is 13.6. The van der Waals surface area contributed by atoms with Crippen LogP contribution in [-0.2, 0) is 6.54 Å². The third-order valence-corrected chi connectivity index (χ3v) is 2.87. The standard InChI is InChI=1S/C12H15F2N/c13-9-12(14)6-7-15(10-12)8-11-4-2-1-3-5-11/h1-5H,6-10H2/t12-/m1/s1. The minimum Gasteiger partial charge on any atom is -0.296 e. The Morgan fingerprint density at radius 3 is 2.60 bits per heavy atom. The van der Waals surface area contributed by atoms with Crippen molar-refractivity contribution in [1.29, 1.82) is 0 Å². The molecular formula is C12H15F2N. The van der Waals surface area contributed by atoms with Crippen molar-refractivity contribution in [2.24, 2.45) is 0 Å². The zero-order valence-corrected chi connectivity index (χ0v) is 8.63. The topological polar surface area (TPSA) is 3.24 Å². The van der Waals surface area contributed by atoms with Gasteiger partial charge in [-0.2, -0.15) is 0 Å². The summed E-state index contributed by atoms with van der Waals surface area (Å²) in [4.78, 5) is 1.97. The molecule has 0 amide bonds. The van der Waals surface area contributed by atoms with Crippen LogP contribution in [0.25, 0.3) is 0 Å². The van der Waals surface area contributed by atoms with E-state index in [2.05, 4.69) is 0 Å². The molecule has 1 heterocycles. The van der Waals surface area contributed by atoms with Crippen molar-refractivity contribution in [2.75, 3.05) is 19.8 Å². The first-order valence-electron chi connectivity index (χ1n) is 5.23. The van der Waals surface area contributed by atoms with E-state index in [0.717, 1.165) is 5.56 Å². The normalized spacial score (nSPS) is 27.1. The Morgan fingerprint density at radius 2 is 2.00 bits per heavy atom. The molecule has 1 fully saturated rings. The smallest absolute Gasteiger partial charge is 0.153 e. The second-order valence-corrected chi connectivity index (χ2v) is 4.23. The molecule has 0 unspecified atom stereocenters. The molecule has 1 aromatic rings. The second-order valence-electron chi connectivity index (χ2n) is 4.23. The van der Waals surface area contributed by atoms with Crippen LogP contribution in [0.1, 0.15) is 12.0 Å². The summed E-state index contributed by atoms with van der Waals surface area (Å²) in [7, 11) is 0. The summed E-state index contributed by atoms with van der Waals surface area (Å²) in [5.41, 5.74) is -0.449. The van der Waals surface area contributed by atoms with Crippen molar-refractivity contribution in [3.05, 3.63) is 35.9 Å². The van der Waals surface area contributed by atoms with Gasteiger partial charge in [0.1, 0.15) is 6.67 Å². The quantitative estimate of drug-likeness (QED) is 0.742. The highest BCUT2D eigenvalue weighted by Crippen LogP contribution is 2.27. The molecule has 0 aromatic heterocycles. The Bertz CT molecular complexity index is 315. The number of nitrogens with zero attached hydrogens (tertiary/aromatic N) is 1. The van der Waals surface area contributed by atoms with E-state index in [4.69, 9.17) is 0 Å². The number of halogens is 2. The molecule has 2 rings (SSSR count). The van der Waals surface area contributed by atoms with Gasteiger partial charge < -0.3 is 0 Å². The predicted molar refractivity (Wildman–Crippen MR) is 56.2 cm³/mol. The highest BCUT2D eigenvalue weighted by Gasteiger charge is 2.38. The molecule has 3 heteroatoms. The molecule has 0 aliphatic carbocycles. The van der Waals surface area contributed by atoms with Crippen LogP contribution in [0.5, 0.6) is 0 Å². The van der Waals surface area contributed by atoms with E-state index in [-0.39, 0.29) is 6.54 Å².